The third-order valence-corrected chi connectivity index (χ3v) is 7.81. The third kappa shape index (κ3) is 3.38. The van der Waals surface area contributed by atoms with Crippen molar-refractivity contribution in [1.82, 2.24) is 0 Å². The molecular weight excluding hydrogens is 465 g/mol. The maximum Gasteiger partial charge on any atom is 0.162 e. The molecule has 1 aromatic carbocycles. The third-order valence-electron chi connectivity index (χ3n) is 5.61. The molecule has 0 saturated carbocycles. The molecule has 1 aromatic heterocycles. The number of rotatable bonds is 2. The lowest BCUT2D eigenvalue weighted by atomic mass is 9.69. The smallest absolute Gasteiger partial charge is 0.162 e. The van der Waals surface area contributed by atoms with Gasteiger partial charge in [-0.15, -0.1) is 11.3 Å². The van der Waals surface area contributed by atoms with Gasteiger partial charge in [0.1, 0.15) is 11.6 Å². The zero-order valence-corrected chi connectivity index (χ0v) is 19.3. The van der Waals surface area contributed by atoms with E-state index in [0.29, 0.717) is 29.7 Å². The van der Waals surface area contributed by atoms with E-state index >= 15 is 0 Å². The average Bonchev–Trinajstić information content (AvgIpc) is 2.98. The Morgan fingerprint density at radius 1 is 1.33 bits per heavy atom. The molecule has 2 aromatic rings. The molecule has 7 heteroatoms. The van der Waals surface area contributed by atoms with Crippen molar-refractivity contribution in [3.8, 4) is 6.07 Å². The minimum absolute atomic E-state index is 0.00933. The van der Waals surface area contributed by atoms with Crippen LogP contribution in [-0.4, -0.2) is 5.78 Å². The Bertz CT molecular complexity index is 1150. The lowest BCUT2D eigenvalue weighted by Gasteiger charge is -2.43. The SMILES string of the molecule is Cc1sc(C2C(C#N)=C(N)N(c3cccc(F)c3)C3=C2C(=O)CC(C)(C)C3)cc1Br. The van der Waals surface area contributed by atoms with Gasteiger partial charge in [0.2, 0.25) is 0 Å². The topological polar surface area (TPSA) is 70.1 Å². The summed E-state index contributed by atoms with van der Waals surface area (Å²) in [4.78, 5) is 17.1. The Morgan fingerprint density at radius 2 is 2.07 bits per heavy atom. The van der Waals surface area contributed by atoms with E-state index in [2.05, 4.69) is 22.0 Å². The Labute approximate surface area is 187 Å². The number of carbonyl (C=O) groups is 1. The molecule has 0 spiro atoms. The molecule has 0 amide bonds. The summed E-state index contributed by atoms with van der Waals surface area (Å²) in [7, 11) is 0. The second-order valence-electron chi connectivity index (χ2n) is 8.51. The van der Waals surface area contributed by atoms with Crippen LogP contribution in [0.4, 0.5) is 10.1 Å². The standard InChI is InChI=1S/C23H21BrFN3OS/c1-12-16(24)8-19(30-12)20-15(11-26)22(27)28(14-6-4-5-13(25)7-14)17-9-23(2,3)10-18(29)21(17)20/h4-8,20H,9-10,27H2,1-3H3. The fourth-order valence-corrected chi connectivity index (χ4v) is 6.01. The normalized spacial score (nSPS) is 21.0. The molecular formula is C23H21BrFN3OS. The first-order valence-corrected chi connectivity index (χ1v) is 11.2. The van der Waals surface area contributed by atoms with Crippen LogP contribution in [0.3, 0.4) is 0 Å². The number of Topliss-reactive ketones (excluding diaryl/α,β-unsaturated/α-hetero) is 1. The molecule has 0 bridgehead atoms. The lowest BCUT2D eigenvalue weighted by Crippen LogP contribution is -2.42. The van der Waals surface area contributed by atoms with Crippen molar-refractivity contribution in [2.75, 3.05) is 4.90 Å². The van der Waals surface area contributed by atoms with E-state index in [4.69, 9.17) is 5.73 Å². The van der Waals surface area contributed by atoms with Crippen LogP contribution in [0.15, 0.2) is 57.5 Å². The highest BCUT2D eigenvalue weighted by Crippen LogP contribution is 2.51. The molecule has 2 heterocycles. The maximum absolute atomic E-state index is 14.0. The quantitative estimate of drug-likeness (QED) is 0.574. The molecule has 4 rings (SSSR count). The van der Waals surface area contributed by atoms with Gasteiger partial charge < -0.3 is 5.73 Å². The summed E-state index contributed by atoms with van der Waals surface area (Å²) in [5, 5.41) is 10.0. The second kappa shape index (κ2) is 7.36. The zero-order chi connectivity index (χ0) is 21.8. The molecule has 0 saturated heterocycles. The second-order valence-corrected chi connectivity index (χ2v) is 10.7. The van der Waals surface area contributed by atoms with Crippen LogP contribution >= 0.6 is 27.3 Å². The average molecular weight is 486 g/mol. The van der Waals surface area contributed by atoms with E-state index in [9.17, 15) is 14.4 Å². The van der Waals surface area contributed by atoms with E-state index in [1.165, 1.54) is 12.1 Å². The first-order chi connectivity index (χ1) is 14.1. The van der Waals surface area contributed by atoms with Crippen molar-refractivity contribution >= 4 is 38.7 Å². The van der Waals surface area contributed by atoms with E-state index in [0.717, 1.165) is 19.9 Å². The van der Waals surface area contributed by atoms with Gasteiger partial charge in [-0.1, -0.05) is 19.9 Å². The van der Waals surface area contributed by atoms with Crippen molar-refractivity contribution in [2.24, 2.45) is 11.1 Å². The molecule has 4 nitrogen and oxygen atoms in total. The molecule has 0 radical (unpaired) electrons. The van der Waals surface area contributed by atoms with Gasteiger partial charge in [-0.2, -0.15) is 5.26 Å². The highest BCUT2D eigenvalue weighted by Gasteiger charge is 2.45. The van der Waals surface area contributed by atoms with Gasteiger partial charge in [-0.05, 0) is 59.0 Å². The Hall–Kier alpha value is -2.43. The van der Waals surface area contributed by atoms with Crippen molar-refractivity contribution in [2.45, 2.75) is 39.5 Å². The zero-order valence-electron chi connectivity index (χ0n) is 16.9. The Balaban J connectivity index is 2.01. The van der Waals surface area contributed by atoms with Crippen LogP contribution in [0.1, 0.15) is 42.4 Å². The number of carbonyl (C=O) groups excluding carboxylic acids is 1. The van der Waals surface area contributed by atoms with Gasteiger partial charge >= 0.3 is 0 Å². The predicted molar refractivity (Wildman–Crippen MR) is 120 cm³/mol. The largest absolute Gasteiger partial charge is 0.384 e. The van der Waals surface area contributed by atoms with Gasteiger partial charge in [0, 0.05) is 31.9 Å². The van der Waals surface area contributed by atoms with Crippen molar-refractivity contribution in [3.05, 3.63) is 73.0 Å². The fraction of sp³-hybridized carbons (Fsp3) is 0.304. The van der Waals surface area contributed by atoms with Crippen LogP contribution < -0.4 is 10.6 Å². The van der Waals surface area contributed by atoms with Crippen molar-refractivity contribution in [3.63, 3.8) is 0 Å². The number of benzene rings is 1. The van der Waals surface area contributed by atoms with E-state index in [-0.39, 0.29) is 17.0 Å². The summed E-state index contributed by atoms with van der Waals surface area (Å²) >= 11 is 5.09. The lowest BCUT2D eigenvalue weighted by molar-refractivity contribution is -0.118. The summed E-state index contributed by atoms with van der Waals surface area (Å²) in [5.41, 5.74) is 8.46. The number of ketones is 1. The minimum Gasteiger partial charge on any atom is -0.384 e. The summed E-state index contributed by atoms with van der Waals surface area (Å²) in [5.74, 6) is -0.648. The number of nitriles is 1. The van der Waals surface area contributed by atoms with Gasteiger partial charge in [0.15, 0.2) is 5.78 Å². The van der Waals surface area contributed by atoms with Crippen LogP contribution in [0.25, 0.3) is 0 Å². The monoisotopic (exact) mass is 485 g/mol. The summed E-state index contributed by atoms with van der Waals surface area (Å²) < 4.78 is 15.0. The van der Waals surface area contributed by atoms with Crippen LogP contribution in [0, 0.1) is 29.5 Å². The highest BCUT2D eigenvalue weighted by molar-refractivity contribution is 9.10. The van der Waals surface area contributed by atoms with Gasteiger partial charge in [0.25, 0.3) is 0 Å². The molecule has 1 aliphatic heterocycles. The van der Waals surface area contributed by atoms with Crippen LogP contribution in [-0.2, 0) is 4.79 Å². The molecule has 1 aliphatic carbocycles. The number of nitrogens with zero attached hydrogens (tertiary/aromatic N) is 2. The Morgan fingerprint density at radius 3 is 2.67 bits per heavy atom. The number of hydrogen-bond acceptors (Lipinski definition) is 5. The van der Waals surface area contributed by atoms with Gasteiger partial charge in [-0.3, -0.25) is 9.69 Å². The molecule has 2 aliphatic rings. The summed E-state index contributed by atoms with van der Waals surface area (Å²) in [6, 6.07) is 10.3. The van der Waals surface area contributed by atoms with E-state index in [1.54, 1.807) is 28.4 Å². The number of thiophene rings is 1. The Kier molecular flexibility index (Phi) is 5.11. The molecule has 0 fully saturated rings. The number of nitrogens with two attached hydrogens (primary N) is 1. The van der Waals surface area contributed by atoms with Gasteiger partial charge in [-0.25, -0.2) is 4.39 Å². The summed E-state index contributed by atoms with van der Waals surface area (Å²) in [6.07, 6.45) is 0.996. The first-order valence-electron chi connectivity index (χ1n) is 9.60. The van der Waals surface area contributed by atoms with E-state index in [1.807, 2.05) is 26.8 Å². The summed E-state index contributed by atoms with van der Waals surface area (Å²) in [6.45, 7) is 6.07. The number of halogens is 2. The molecule has 2 N–H and O–H groups in total. The van der Waals surface area contributed by atoms with Crippen LogP contribution in [0.2, 0.25) is 0 Å². The van der Waals surface area contributed by atoms with Crippen molar-refractivity contribution < 1.29 is 9.18 Å². The predicted octanol–water partition coefficient (Wildman–Crippen LogP) is 5.90. The number of anilines is 1. The van der Waals surface area contributed by atoms with E-state index < -0.39 is 11.7 Å². The fourth-order valence-electron chi connectivity index (χ4n) is 4.33. The molecule has 154 valence electrons. The first kappa shape index (κ1) is 20.8. The van der Waals surface area contributed by atoms with Crippen molar-refractivity contribution in [1.29, 1.82) is 5.26 Å². The number of aryl methyl sites for hydroxylation is 1. The molecule has 1 unspecified atom stereocenters. The highest BCUT2D eigenvalue weighted by atomic mass is 79.9. The van der Waals surface area contributed by atoms with Crippen LogP contribution in [0.5, 0.6) is 0 Å². The number of allylic oxidation sites excluding steroid dienone is 3. The molecule has 30 heavy (non-hydrogen) atoms. The minimum atomic E-state index is -0.506. The maximum atomic E-state index is 14.0. The molecule has 1 atom stereocenters. The van der Waals surface area contributed by atoms with Gasteiger partial charge in [0.05, 0.1) is 23.2 Å². The number of hydrogen-bond donors (Lipinski definition) is 1.